The van der Waals surface area contributed by atoms with E-state index in [9.17, 15) is 18.0 Å². The number of hydrogen-bond acceptors (Lipinski definition) is 4. The molecule has 1 N–H and O–H groups in total. The first kappa shape index (κ1) is 27.0. The van der Waals surface area contributed by atoms with E-state index in [1.807, 2.05) is 19.9 Å². The van der Waals surface area contributed by atoms with Crippen LogP contribution in [0, 0.1) is 13.8 Å². The lowest BCUT2D eigenvalue weighted by Crippen LogP contribution is -2.51. The molecule has 0 radical (unpaired) electrons. The molecule has 1 atom stereocenters. The molecule has 0 heterocycles. The van der Waals surface area contributed by atoms with Crippen molar-refractivity contribution in [3.8, 4) is 0 Å². The third-order valence-electron chi connectivity index (χ3n) is 5.03. The number of halogens is 2. The maximum atomic E-state index is 13.4. The highest BCUT2D eigenvalue weighted by atomic mass is 35.5. The number of carbonyl (C=O) groups excluding carboxylic acids is 2. The summed E-state index contributed by atoms with van der Waals surface area (Å²) in [5, 5.41) is 3.39. The van der Waals surface area contributed by atoms with Crippen molar-refractivity contribution in [2.24, 2.45) is 0 Å². The van der Waals surface area contributed by atoms with Gasteiger partial charge in [-0.2, -0.15) is 0 Å². The first-order valence-electron chi connectivity index (χ1n) is 10.4. The van der Waals surface area contributed by atoms with Gasteiger partial charge in [-0.3, -0.25) is 13.9 Å². The Hall–Kier alpha value is -2.29. The summed E-state index contributed by atoms with van der Waals surface area (Å²) in [5.74, 6) is -0.868. The first-order chi connectivity index (χ1) is 15.3. The van der Waals surface area contributed by atoms with Gasteiger partial charge in [0.05, 0.1) is 22.0 Å². The average Bonchev–Trinajstić information content (AvgIpc) is 2.70. The summed E-state index contributed by atoms with van der Waals surface area (Å²) in [6, 6.07) is 9.42. The Kier molecular flexibility index (Phi) is 9.17. The molecule has 0 fully saturated rings. The van der Waals surface area contributed by atoms with Gasteiger partial charge >= 0.3 is 0 Å². The second kappa shape index (κ2) is 11.2. The molecule has 0 bridgehead atoms. The van der Waals surface area contributed by atoms with Gasteiger partial charge in [-0.05, 0) is 68.7 Å². The van der Waals surface area contributed by atoms with Crippen molar-refractivity contribution < 1.29 is 18.0 Å². The Bertz CT molecular complexity index is 1120. The van der Waals surface area contributed by atoms with Crippen LogP contribution in [0.5, 0.6) is 0 Å². The summed E-state index contributed by atoms with van der Waals surface area (Å²) < 4.78 is 26.3. The minimum atomic E-state index is -3.77. The number of aryl methyl sites for hydroxylation is 2. The van der Waals surface area contributed by atoms with Crippen molar-refractivity contribution in [1.29, 1.82) is 0 Å². The van der Waals surface area contributed by atoms with Crippen LogP contribution < -0.4 is 9.62 Å². The van der Waals surface area contributed by atoms with Gasteiger partial charge in [-0.15, -0.1) is 0 Å². The predicted octanol–water partition coefficient (Wildman–Crippen LogP) is 3.93. The number of amides is 2. The van der Waals surface area contributed by atoms with Crippen LogP contribution in [0.3, 0.4) is 0 Å². The Morgan fingerprint density at radius 2 is 1.64 bits per heavy atom. The van der Waals surface area contributed by atoms with Crippen molar-refractivity contribution in [2.45, 2.75) is 40.3 Å². The topological polar surface area (TPSA) is 86.8 Å². The monoisotopic (exact) mass is 513 g/mol. The molecule has 0 aliphatic carbocycles. The van der Waals surface area contributed by atoms with E-state index < -0.39 is 28.5 Å². The van der Waals surface area contributed by atoms with Crippen LogP contribution in [-0.2, 0) is 26.2 Å². The molecule has 0 saturated carbocycles. The molecule has 2 aromatic carbocycles. The number of hydrogen-bond donors (Lipinski definition) is 1. The van der Waals surface area contributed by atoms with Crippen molar-refractivity contribution in [2.75, 3.05) is 23.7 Å². The minimum Gasteiger partial charge on any atom is -0.355 e. The van der Waals surface area contributed by atoms with Crippen molar-refractivity contribution >= 4 is 50.7 Å². The number of benzene rings is 2. The summed E-state index contributed by atoms with van der Waals surface area (Å²) >= 11 is 12.1. The van der Waals surface area contributed by atoms with Gasteiger partial charge in [-0.1, -0.05) is 35.3 Å². The Morgan fingerprint density at radius 3 is 2.15 bits per heavy atom. The number of carbonyl (C=O) groups is 2. The van der Waals surface area contributed by atoms with Crippen molar-refractivity contribution in [1.82, 2.24) is 10.2 Å². The van der Waals surface area contributed by atoms with Crippen molar-refractivity contribution in [3.05, 3.63) is 63.1 Å². The number of likely N-dealkylation sites (N-methyl/N-ethyl adjacent to an activating group) is 1. The number of sulfonamides is 1. The fraction of sp³-hybridized carbons (Fsp3) is 0.391. The van der Waals surface area contributed by atoms with Crippen LogP contribution in [0.4, 0.5) is 5.69 Å². The van der Waals surface area contributed by atoms with Gasteiger partial charge in [0.1, 0.15) is 12.6 Å². The molecule has 7 nitrogen and oxygen atoms in total. The Morgan fingerprint density at radius 1 is 1.03 bits per heavy atom. The largest absolute Gasteiger partial charge is 0.355 e. The Labute approximate surface area is 205 Å². The molecule has 0 unspecified atom stereocenters. The van der Waals surface area contributed by atoms with E-state index in [0.717, 1.165) is 21.7 Å². The molecule has 0 spiro atoms. The van der Waals surface area contributed by atoms with Crippen LogP contribution >= 0.6 is 23.2 Å². The maximum absolute atomic E-state index is 13.4. The number of nitrogens with one attached hydrogen (secondary N) is 1. The second-order valence-electron chi connectivity index (χ2n) is 7.96. The molecule has 2 aromatic rings. The van der Waals surface area contributed by atoms with E-state index in [1.54, 1.807) is 44.2 Å². The fourth-order valence-electron chi connectivity index (χ4n) is 3.45. The van der Waals surface area contributed by atoms with Gasteiger partial charge in [0.15, 0.2) is 0 Å². The summed E-state index contributed by atoms with van der Waals surface area (Å²) in [6.07, 6.45) is 1.05. The van der Waals surface area contributed by atoms with E-state index in [2.05, 4.69) is 5.32 Å². The van der Waals surface area contributed by atoms with E-state index in [4.69, 9.17) is 23.2 Å². The molecule has 33 heavy (non-hydrogen) atoms. The number of rotatable bonds is 9. The van der Waals surface area contributed by atoms with Gasteiger partial charge < -0.3 is 10.2 Å². The van der Waals surface area contributed by atoms with Crippen LogP contribution in [0.1, 0.15) is 30.5 Å². The number of anilines is 1. The van der Waals surface area contributed by atoms with E-state index in [0.29, 0.717) is 27.8 Å². The predicted molar refractivity (Wildman–Crippen MR) is 133 cm³/mol. The van der Waals surface area contributed by atoms with Crippen LogP contribution in [0.2, 0.25) is 10.0 Å². The molecular weight excluding hydrogens is 485 g/mol. The molecule has 0 aliphatic rings. The number of nitrogens with zero attached hydrogens (tertiary/aromatic N) is 2. The molecule has 10 heteroatoms. The highest BCUT2D eigenvalue weighted by Gasteiger charge is 2.30. The molecule has 0 aromatic heterocycles. The lowest BCUT2D eigenvalue weighted by atomic mass is 10.1. The molecule has 180 valence electrons. The second-order valence-corrected chi connectivity index (χ2v) is 10.7. The lowest BCUT2D eigenvalue weighted by molar-refractivity contribution is -0.139. The summed E-state index contributed by atoms with van der Waals surface area (Å²) in [4.78, 5) is 27.3. The van der Waals surface area contributed by atoms with Gasteiger partial charge in [-0.25, -0.2) is 8.42 Å². The van der Waals surface area contributed by atoms with Crippen LogP contribution in [0.15, 0.2) is 36.4 Å². The third-order valence-corrected chi connectivity index (χ3v) is 6.91. The maximum Gasteiger partial charge on any atom is 0.244 e. The quantitative estimate of drug-likeness (QED) is 0.550. The zero-order chi connectivity index (χ0) is 24.9. The van der Waals surface area contributed by atoms with Gasteiger partial charge in [0, 0.05) is 13.1 Å². The zero-order valence-corrected chi connectivity index (χ0v) is 21.7. The third kappa shape index (κ3) is 7.35. The molecular formula is C23H29Cl2N3O4S. The minimum absolute atomic E-state index is 0.0540. The van der Waals surface area contributed by atoms with E-state index in [-0.39, 0.29) is 12.5 Å². The molecule has 0 saturated heterocycles. The molecule has 2 amide bonds. The first-order valence-corrected chi connectivity index (χ1v) is 13.0. The fourth-order valence-corrected chi connectivity index (χ4v) is 4.60. The van der Waals surface area contributed by atoms with Crippen LogP contribution in [-0.4, -0.2) is 50.5 Å². The Balaban J connectivity index is 2.43. The highest BCUT2D eigenvalue weighted by molar-refractivity contribution is 7.92. The SMILES string of the molecule is CCNC(=O)[C@@H](C)N(Cc1ccc(Cl)c(Cl)c1)C(=O)CN(c1cc(C)cc(C)c1)S(C)(=O)=O. The lowest BCUT2D eigenvalue weighted by Gasteiger charge is -2.31. The molecule has 0 aliphatic heterocycles. The zero-order valence-electron chi connectivity index (χ0n) is 19.4. The average molecular weight is 514 g/mol. The van der Waals surface area contributed by atoms with Gasteiger partial charge in [0.2, 0.25) is 21.8 Å². The normalized spacial score (nSPS) is 12.2. The van der Waals surface area contributed by atoms with Crippen LogP contribution in [0.25, 0.3) is 0 Å². The summed E-state index contributed by atoms with van der Waals surface area (Å²) in [7, 11) is -3.77. The van der Waals surface area contributed by atoms with Crippen molar-refractivity contribution in [3.63, 3.8) is 0 Å². The standard InChI is InChI=1S/C23H29Cl2N3O4S/c1-6-26-23(30)17(4)27(13-18-7-8-20(24)21(25)12-18)22(29)14-28(33(5,31)32)19-10-15(2)9-16(3)11-19/h7-12,17H,6,13-14H2,1-5H3,(H,26,30)/t17-/m1/s1. The van der Waals surface area contributed by atoms with Gasteiger partial charge in [0.25, 0.3) is 0 Å². The highest BCUT2D eigenvalue weighted by Crippen LogP contribution is 2.25. The van der Waals surface area contributed by atoms with E-state index in [1.165, 1.54) is 4.90 Å². The summed E-state index contributed by atoms with van der Waals surface area (Å²) in [6.45, 7) is 7.09. The summed E-state index contributed by atoms with van der Waals surface area (Å²) in [5.41, 5.74) is 2.79. The smallest absolute Gasteiger partial charge is 0.244 e. The molecule has 2 rings (SSSR count). The van der Waals surface area contributed by atoms with E-state index >= 15 is 0 Å².